The average Bonchev–Trinajstić information content (AvgIpc) is 2.58. The fraction of sp³-hybridized carbons (Fsp3) is 0.235. The lowest BCUT2D eigenvalue weighted by Crippen LogP contribution is -2.31. The van der Waals surface area contributed by atoms with Crippen molar-refractivity contribution < 1.29 is 9.18 Å². The number of carbonyl (C=O) groups is 1. The number of halogens is 1. The van der Waals surface area contributed by atoms with Gasteiger partial charge in [0.2, 0.25) is 5.91 Å². The number of amides is 1. The van der Waals surface area contributed by atoms with Crippen LogP contribution in [0.15, 0.2) is 53.4 Å². The van der Waals surface area contributed by atoms with E-state index in [0.29, 0.717) is 12.0 Å². The maximum absolute atomic E-state index is 13.9. The van der Waals surface area contributed by atoms with E-state index in [-0.39, 0.29) is 23.5 Å². The van der Waals surface area contributed by atoms with Crippen LogP contribution in [0.3, 0.4) is 0 Å². The molecule has 0 unspecified atom stereocenters. The van der Waals surface area contributed by atoms with E-state index >= 15 is 0 Å². The monoisotopic (exact) mass is 301 g/mol. The number of thioether (sulfide) groups is 1. The molecule has 0 aliphatic carbocycles. The van der Waals surface area contributed by atoms with Crippen LogP contribution in [-0.4, -0.2) is 11.2 Å². The van der Waals surface area contributed by atoms with Crippen molar-refractivity contribution in [1.29, 1.82) is 0 Å². The highest BCUT2D eigenvalue weighted by atomic mass is 32.2. The molecule has 0 bridgehead atoms. The molecule has 2 nitrogen and oxygen atoms in total. The number of carbonyl (C=O) groups excluding carboxylic acids is 1. The molecule has 3 rings (SSSR count). The molecule has 0 saturated carbocycles. The minimum atomic E-state index is -0.271. The lowest BCUT2D eigenvalue weighted by Gasteiger charge is -2.23. The Hall–Kier alpha value is -1.81. The second kappa shape index (κ2) is 5.90. The molecule has 0 fully saturated rings. The Morgan fingerprint density at radius 1 is 1.19 bits per heavy atom. The van der Waals surface area contributed by atoms with Crippen LogP contribution in [0.2, 0.25) is 0 Å². The van der Waals surface area contributed by atoms with Crippen molar-refractivity contribution in [1.82, 2.24) is 0 Å². The molecule has 4 heteroatoms. The summed E-state index contributed by atoms with van der Waals surface area (Å²) in [6.45, 7) is 2.32. The third kappa shape index (κ3) is 2.95. The van der Waals surface area contributed by atoms with Gasteiger partial charge in [-0.2, -0.15) is 0 Å². The predicted octanol–water partition coefficient (Wildman–Crippen LogP) is 4.24. The average molecular weight is 301 g/mol. The standard InChI is InChI=1S/C17H16FNOS/c1-12-10-17(20)19(11-13-6-2-3-7-14(13)18)15-8-4-5-9-16(15)21-12/h2-9,12H,10-11H2,1H3/t12-/m0/s1. The van der Waals surface area contributed by atoms with Crippen molar-refractivity contribution in [2.45, 2.75) is 30.0 Å². The van der Waals surface area contributed by atoms with Crippen molar-refractivity contribution in [3.05, 3.63) is 59.9 Å². The number of hydrogen-bond acceptors (Lipinski definition) is 2. The Morgan fingerprint density at radius 2 is 1.90 bits per heavy atom. The second-order valence-corrected chi connectivity index (χ2v) is 6.65. The van der Waals surface area contributed by atoms with Crippen molar-refractivity contribution >= 4 is 23.4 Å². The maximum atomic E-state index is 13.9. The second-order valence-electron chi connectivity index (χ2n) is 5.17. The molecule has 0 spiro atoms. The lowest BCUT2D eigenvalue weighted by molar-refractivity contribution is -0.118. The van der Waals surface area contributed by atoms with Gasteiger partial charge in [-0.05, 0) is 18.2 Å². The predicted molar refractivity (Wildman–Crippen MR) is 84.0 cm³/mol. The first-order valence-corrected chi connectivity index (χ1v) is 7.82. The number of nitrogens with zero attached hydrogens (tertiary/aromatic N) is 1. The normalized spacial score (nSPS) is 18.3. The van der Waals surface area contributed by atoms with E-state index in [1.54, 1.807) is 34.9 Å². The fourth-order valence-corrected chi connectivity index (χ4v) is 3.61. The molecule has 1 aliphatic heterocycles. The summed E-state index contributed by atoms with van der Waals surface area (Å²) >= 11 is 1.70. The van der Waals surface area contributed by atoms with Crippen LogP contribution in [0, 0.1) is 5.82 Å². The first-order valence-electron chi connectivity index (χ1n) is 6.94. The largest absolute Gasteiger partial charge is 0.307 e. The fourth-order valence-electron chi connectivity index (χ4n) is 2.50. The van der Waals surface area contributed by atoms with Crippen LogP contribution in [0.1, 0.15) is 18.9 Å². The number of benzene rings is 2. The Labute approximate surface area is 128 Å². The van der Waals surface area contributed by atoms with E-state index in [4.69, 9.17) is 0 Å². The van der Waals surface area contributed by atoms with Gasteiger partial charge in [-0.15, -0.1) is 11.8 Å². The zero-order valence-corrected chi connectivity index (χ0v) is 12.6. The molecule has 2 aromatic rings. The molecule has 1 amide bonds. The Kier molecular flexibility index (Phi) is 3.97. The van der Waals surface area contributed by atoms with Crippen molar-refractivity contribution in [2.24, 2.45) is 0 Å². The highest BCUT2D eigenvalue weighted by molar-refractivity contribution is 8.00. The first-order chi connectivity index (χ1) is 10.1. The van der Waals surface area contributed by atoms with E-state index in [1.807, 2.05) is 31.2 Å². The highest BCUT2D eigenvalue weighted by Crippen LogP contribution is 2.38. The molecule has 2 aromatic carbocycles. The summed E-state index contributed by atoms with van der Waals surface area (Å²) in [6, 6.07) is 14.4. The smallest absolute Gasteiger partial charge is 0.228 e. The van der Waals surface area contributed by atoms with Gasteiger partial charge in [-0.25, -0.2) is 4.39 Å². The SMILES string of the molecule is C[C@H]1CC(=O)N(Cc2ccccc2F)c2ccccc2S1. The summed E-state index contributed by atoms with van der Waals surface area (Å²) in [6.07, 6.45) is 0.466. The Morgan fingerprint density at radius 3 is 2.71 bits per heavy atom. The zero-order valence-electron chi connectivity index (χ0n) is 11.8. The van der Waals surface area contributed by atoms with Crippen LogP contribution in [0.4, 0.5) is 10.1 Å². The molecule has 21 heavy (non-hydrogen) atoms. The third-order valence-corrected chi connectivity index (χ3v) is 4.70. The third-order valence-electron chi connectivity index (χ3n) is 3.53. The minimum absolute atomic E-state index is 0.0446. The maximum Gasteiger partial charge on any atom is 0.228 e. The summed E-state index contributed by atoms with van der Waals surface area (Å²) in [7, 11) is 0. The Balaban J connectivity index is 2.00. The van der Waals surface area contributed by atoms with Gasteiger partial charge < -0.3 is 4.90 Å². The summed E-state index contributed by atoms with van der Waals surface area (Å²) in [4.78, 5) is 15.3. The van der Waals surface area contributed by atoms with Gasteiger partial charge in [-0.3, -0.25) is 4.79 Å². The van der Waals surface area contributed by atoms with Crippen molar-refractivity contribution in [3.63, 3.8) is 0 Å². The molecule has 1 aliphatic rings. The van der Waals surface area contributed by atoms with E-state index in [1.165, 1.54) is 6.07 Å². The molecule has 1 atom stereocenters. The van der Waals surface area contributed by atoms with Crippen LogP contribution >= 0.6 is 11.8 Å². The lowest BCUT2D eigenvalue weighted by atomic mass is 10.1. The van der Waals surface area contributed by atoms with E-state index in [0.717, 1.165) is 10.6 Å². The van der Waals surface area contributed by atoms with Gasteiger partial charge in [0.15, 0.2) is 0 Å². The molecule has 0 saturated heterocycles. The first kappa shape index (κ1) is 14.1. The van der Waals surface area contributed by atoms with Crippen molar-refractivity contribution in [3.8, 4) is 0 Å². The molecule has 1 heterocycles. The molecule has 0 radical (unpaired) electrons. The number of hydrogen-bond donors (Lipinski definition) is 0. The number of fused-ring (bicyclic) bond motifs is 1. The van der Waals surface area contributed by atoms with Crippen LogP contribution in [0.25, 0.3) is 0 Å². The van der Waals surface area contributed by atoms with E-state index in [9.17, 15) is 9.18 Å². The number of para-hydroxylation sites is 1. The number of rotatable bonds is 2. The van der Waals surface area contributed by atoms with Gasteiger partial charge in [0.1, 0.15) is 5.82 Å². The summed E-state index contributed by atoms with van der Waals surface area (Å²) in [5.41, 5.74) is 1.42. The van der Waals surface area contributed by atoms with E-state index < -0.39 is 0 Å². The van der Waals surface area contributed by atoms with Gasteiger partial charge in [0.05, 0.1) is 12.2 Å². The molecule has 0 aromatic heterocycles. The van der Waals surface area contributed by atoms with Gasteiger partial charge in [-0.1, -0.05) is 37.3 Å². The van der Waals surface area contributed by atoms with Crippen LogP contribution in [-0.2, 0) is 11.3 Å². The zero-order chi connectivity index (χ0) is 14.8. The van der Waals surface area contributed by atoms with Crippen LogP contribution in [0.5, 0.6) is 0 Å². The summed E-state index contributed by atoms with van der Waals surface area (Å²) in [5, 5.41) is 0.226. The Bertz CT molecular complexity index is 673. The number of anilines is 1. The quantitative estimate of drug-likeness (QED) is 0.827. The van der Waals surface area contributed by atoms with E-state index in [2.05, 4.69) is 0 Å². The van der Waals surface area contributed by atoms with Crippen molar-refractivity contribution in [2.75, 3.05) is 4.90 Å². The highest BCUT2D eigenvalue weighted by Gasteiger charge is 2.26. The molecule has 108 valence electrons. The summed E-state index contributed by atoms with van der Waals surface area (Å²) < 4.78 is 13.9. The molecular formula is C17H16FNOS. The topological polar surface area (TPSA) is 20.3 Å². The van der Waals surface area contributed by atoms with Gasteiger partial charge >= 0.3 is 0 Å². The molecule has 0 N–H and O–H groups in total. The van der Waals surface area contributed by atoms with Gasteiger partial charge in [0.25, 0.3) is 0 Å². The summed E-state index contributed by atoms with van der Waals surface area (Å²) in [5.74, 6) is -0.226. The molecular weight excluding hydrogens is 285 g/mol. The minimum Gasteiger partial charge on any atom is -0.307 e. The van der Waals surface area contributed by atoms with Crippen LogP contribution < -0.4 is 4.90 Å². The van der Waals surface area contributed by atoms with Gasteiger partial charge in [0, 0.05) is 22.1 Å².